The second-order valence-electron chi connectivity index (χ2n) is 5.53. The maximum Gasteiger partial charge on any atom is 0.123 e. The molecule has 0 aliphatic heterocycles. The van der Waals surface area contributed by atoms with Gasteiger partial charge in [0.15, 0.2) is 0 Å². The molecule has 4 heteroatoms. The Morgan fingerprint density at radius 3 is 2.71 bits per heavy atom. The van der Waals surface area contributed by atoms with Crippen molar-refractivity contribution in [1.29, 1.82) is 0 Å². The molecule has 0 saturated heterocycles. The van der Waals surface area contributed by atoms with Crippen molar-refractivity contribution >= 4 is 15.9 Å². The number of hydrogen-bond donors (Lipinski definition) is 1. The highest BCUT2D eigenvalue weighted by Gasteiger charge is 2.14. The number of pyridine rings is 1. The van der Waals surface area contributed by atoms with Crippen LogP contribution in [0.4, 0.5) is 4.39 Å². The van der Waals surface area contributed by atoms with E-state index in [2.05, 4.69) is 46.1 Å². The first-order valence-electron chi connectivity index (χ1n) is 7.13. The Hall–Kier alpha value is -1.26. The minimum absolute atomic E-state index is 0.186. The molecule has 0 amide bonds. The molecule has 1 unspecified atom stereocenters. The number of nitrogens with zero attached hydrogens (tertiary/aromatic N) is 1. The van der Waals surface area contributed by atoms with Gasteiger partial charge in [0.05, 0.1) is 0 Å². The van der Waals surface area contributed by atoms with Gasteiger partial charge in [-0.25, -0.2) is 4.39 Å². The van der Waals surface area contributed by atoms with Gasteiger partial charge in [-0.05, 0) is 51.7 Å². The summed E-state index contributed by atoms with van der Waals surface area (Å²) in [7, 11) is 0. The molecule has 2 aromatic rings. The summed E-state index contributed by atoms with van der Waals surface area (Å²) >= 11 is 3.44. The van der Waals surface area contributed by atoms with Crippen LogP contribution in [0.2, 0.25) is 0 Å². The van der Waals surface area contributed by atoms with Crippen molar-refractivity contribution in [3.63, 3.8) is 0 Å². The molecule has 1 aromatic heterocycles. The van der Waals surface area contributed by atoms with E-state index in [9.17, 15) is 4.39 Å². The fourth-order valence-corrected chi connectivity index (χ4v) is 2.71. The van der Waals surface area contributed by atoms with E-state index >= 15 is 0 Å². The Bertz CT molecular complexity index is 587. The predicted octanol–water partition coefficient (Wildman–Crippen LogP) is 4.31. The smallest absolute Gasteiger partial charge is 0.123 e. The summed E-state index contributed by atoms with van der Waals surface area (Å²) in [5.74, 6) is 0.0358. The van der Waals surface area contributed by atoms with E-state index in [0.29, 0.717) is 6.04 Å². The summed E-state index contributed by atoms with van der Waals surface area (Å²) in [6, 6.07) is 9.33. The Balaban J connectivity index is 2.19. The average molecular weight is 351 g/mol. The molecule has 112 valence electrons. The van der Waals surface area contributed by atoms with Crippen molar-refractivity contribution in [1.82, 2.24) is 10.3 Å². The number of nitrogens with one attached hydrogen (secondary N) is 1. The topological polar surface area (TPSA) is 24.9 Å². The number of benzene rings is 1. The van der Waals surface area contributed by atoms with Crippen molar-refractivity contribution in [2.75, 3.05) is 6.54 Å². The van der Waals surface area contributed by atoms with Crippen LogP contribution in [0.15, 0.2) is 47.2 Å². The van der Waals surface area contributed by atoms with Crippen LogP contribution in [0.25, 0.3) is 0 Å². The molecule has 21 heavy (non-hydrogen) atoms. The molecule has 0 aliphatic carbocycles. The van der Waals surface area contributed by atoms with Crippen molar-refractivity contribution in [3.8, 4) is 0 Å². The minimum atomic E-state index is -0.186. The molecule has 1 aromatic carbocycles. The van der Waals surface area contributed by atoms with Gasteiger partial charge in [0.1, 0.15) is 5.82 Å². The lowest BCUT2D eigenvalue weighted by atomic mass is 9.92. The first-order valence-corrected chi connectivity index (χ1v) is 7.92. The van der Waals surface area contributed by atoms with Crippen LogP contribution in [0.1, 0.15) is 30.9 Å². The van der Waals surface area contributed by atoms with Gasteiger partial charge in [-0.1, -0.05) is 26.0 Å². The summed E-state index contributed by atoms with van der Waals surface area (Å²) in [4.78, 5) is 4.20. The Kier molecular flexibility index (Phi) is 5.88. The SMILES string of the molecule is CC(C)NCC(Cc1cncc(Br)c1)c1cccc(F)c1. The van der Waals surface area contributed by atoms with Crippen molar-refractivity contribution < 1.29 is 4.39 Å². The lowest BCUT2D eigenvalue weighted by Gasteiger charge is -2.20. The minimum Gasteiger partial charge on any atom is -0.314 e. The van der Waals surface area contributed by atoms with E-state index in [1.807, 2.05) is 12.3 Å². The third-order valence-corrected chi connectivity index (χ3v) is 3.77. The normalized spacial score (nSPS) is 12.6. The van der Waals surface area contributed by atoms with Gasteiger partial charge in [-0.2, -0.15) is 0 Å². The summed E-state index contributed by atoms with van der Waals surface area (Å²) in [6.07, 6.45) is 4.47. The standard InChI is InChI=1S/C17H20BrFN2/c1-12(2)21-10-15(14-4-3-5-17(19)8-14)6-13-7-16(18)11-20-9-13/h3-5,7-9,11-12,15,21H,6,10H2,1-2H3. The summed E-state index contributed by atoms with van der Waals surface area (Å²) in [5.41, 5.74) is 2.16. The molecule has 0 aliphatic rings. The van der Waals surface area contributed by atoms with E-state index in [0.717, 1.165) is 28.6 Å². The molecule has 1 heterocycles. The van der Waals surface area contributed by atoms with Crippen LogP contribution < -0.4 is 5.32 Å². The van der Waals surface area contributed by atoms with Gasteiger partial charge in [0, 0.05) is 35.4 Å². The molecular formula is C17H20BrFN2. The third kappa shape index (κ3) is 5.21. The van der Waals surface area contributed by atoms with Crippen LogP contribution in [0.5, 0.6) is 0 Å². The van der Waals surface area contributed by atoms with Crippen molar-refractivity contribution in [2.45, 2.75) is 32.2 Å². The largest absolute Gasteiger partial charge is 0.314 e. The highest BCUT2D eigenvalue weighted by atomic mass is 79.9. The van der Waals surface area contributed by atoms with E-state index < -0.39 is 0 Å². The molecule has 1 atom stereocenters. The van der Waals surface area contributed by atoms with E-state index in [1.54, 1.807) is 18.3 Å². The summed E-state index contributed by atoms with van der Waals surface area (Å²) in [5, 5.41) is 3.44. The van der Waals surface area contributed by atoms with Crippen LogP contribution in [0, 0.1) is 5.82 Å². The van der Waals surface area contributed by atoms with Gasteiger partial charge in [0.25, 0.3) is 0 Å². The van der Waals surface area contributed by atoms with E-state index in [-0.39, 0.29) is 11.7 Å². The van der Waals surface area contributed by atoms with Crippen LogP contribution >= 0.6 is 15.9 Å². The number of hydrogen-bond acceptors (Lipinski definition) is 2. The van der Waals surface area contributed by atoms with Gasteiger partial charge in [0.2, 0.25) is 0 Å². The molecule has 2 rings (SSSR count). The molecular weight excluding hydrogens is 331 g/mol. The zero-order chi connectivity index (χ0) is 15.2. The quantitative estimate of drug-likeness (QED) is 0.839. The highest BCUT2D eigenvalue weighted by molar-refractivity contribution is 9.10. The fourth-order valence-electron chi connectivity index (χ4n) is 2.30. The zero-order valence-electron chi connectivity index (χ0n) is 12.3. The van der Waals surface area contributed by atoms with Gasteiger partial charge >= 0.3 is 0 Å². The van der Waals surface area contributed by atoms with Gasteiger partial charge < -0.3 is 5.32 Å². The second-order valence-corrected chi connectivity index (χ2v) is 6.45. The number of rotatable bonds is 6. The van der Waals surface area contributed by atoms with Crippen LogP contribution in [0.3, 0.4) is 0 Å². The maximum absolute atomic E-state index is 13.5. The Morgan fingerprint density at radius 2 is 2.05 bits per heavy atom. The Morgan fingerprint density at radius 1 is 1.24 bits per heavy atom. The fraction of sp³-hybridized carbons (Fsp3) is 0.353. The molecule has 1 N–H and O–H groups in total. The second kappa shape index (κ2) is 7.66. The monoisotopic (exact) mass is 350 g/mol. The molecule has 0 bridgehead atoms. The number of halogens is 2. The van der Waals surface area contributed by atoms with Crippen LogP contribution in [-0.2, 0) is 6.42 Å². The van der Waals surface area contributed by atoms with Gasteiger partial charge in [-0.15, -0.1) is 0 Å². The molecule has 0 radical (unpaired) electrons. The first-order chi connectivity index (χ1) is 10.0. The lowest BCUT2D eigenvalue weighted by molar-refractivity contribution is 0.523. The maximum atomic E-state index is 13.5. The van der Waals surface area contributed by atoms with Crippen molar-refractivity contribution in [3.05, 3.63) is 64.1 Å². The molecule has 0 spiro atoms. The summed E-state index contributed by atoms with van der Waals surface area (Å²) in [6.45, 7) is 5.04. The lowest BCUT2D eigenvalue weighted by Crippen LogP contribution is -2.29. The summed E-state index contributed by atoms with van der Waals surface area (Å²) < 4.78 is 14.5. The first kappa shape index (κ1) is 16.1. The Labute approximate surface area is 133 Å². The third-order valence-electron chi connectivity index (χ3n) is 3.34. The molecule has 0 saturated carbocycles. The average Bonchev–Trinajstić information content (AvgIpc) is 2.43. The highest BCUT2D eigenvalue weighted by Crippen LogP contribution is 2.22. The number of aromatic nitrogens is 1. The molecule has 0 fully saturated rings. The van der Waals surface area contributed by atoms with E-state index in [4.69, 9.17) is 0 Å². The predicted molar refractivity (Wildman–Crippen MR) is 87.9 cm³/mol. The van der Waals surface area contributed by atoms with Crippen LogP contribution in [-0.4, -0.2) is 17.6 Å². The van der Waals surface area contributed by atoms with Crippen molar-refractivity contribution in [2.24, 2.45) is 0 Å². The van der Waals surface area contributed by atoms with Gasteiger partial charge in [-0.3, -0.25) is 4.98 Å². The van der Waals surface area contributed by atoms with E-state index in [1.165, 1.54) is 6.07 Å². The molecule has 2 nitrogen and oxygen atoms in total. The zero-order valence-corrected chi connectivity index (χ0v) is 13.9.